The number of alkyl halides is 1. The van der Waals surface area contributed by atoms with Gasteiger partial charge in [0.2, 0.25) is 5.91 Å². The van der Waals surface area contributed by atoms with Crippen molar-refractivity contribution in [2.24, 2.45) is 0 Å². The van der Waals surface area contributed by atoms with Crippen molar-refractivity contribution in [3.63, 3.8) is 0 Å². The Labute approximate surface area is 109 Å². The Morgan fingerprint density at radius 1 is 1.47 bits per heavy atom. The van der Waals surface area contributed by atoms with E-state index in [0.29, 0.717) is 26.2 Å². The number of carbonyl (C=O) groups excluding carboxylic acids is 1. The summed E-state index contributed by atoms with van der Waals surface area (Å²) in [6.45, 7) is 4.71. The lowest BCUT2D eigenvalue weighted by atomic mass is 9.99. The maximum Gasteiger partial charge on any atom is 0.224 e. The fourth-order valence-corrected chi connectivity index (χ4v) is 2.72. The molecule has 0 aromatic rings. The van der Waals surface area contributed by atoms with E-state index in [0.717, 1.165) is 0 Å². The Morgan fingerprint density at radius 2 is 2.06 bits per heavy atom. The van der Waals surface area contributed by atoms with Crippen molar-refractivity contribution in [1.82, 2.24) is 4.90 Å². The quantitative estimate of drug-likeness (QED) is 0.755. The minimum Gasteiger partial charge on any atom is -0.394 e. The summed E-state index contributed by atoms with van der Waals surface area (Å²) in [6.07, 6.45) is 0.463. The van der Waals surface area contributed by atoms with Crippen molar-refractivity contribution in [2.75, 3.05) is 26.4 Å². The van der Waals surface area contributed by atoms with Crippen LogP contribution in [-0.4, -0.2) is 58.4 Å². The molecule has 5 nitrogen and oxygen atoms in total. The first kappa shape index (κ1) is 13.3. The van der Waals surface area contributed by atoms with Gasteiger partial charge in [0.1, 0.15) is 5.54 Å². The Bertz CT molecular complexity index is 311. The second kappa shape index (κ2) is 4.50. The first-order valence-electron chi connectivity index (χ1n) is 5.72. The SMILES string of the molecule is CC1(C)OCC(CO)(N2CC(Br)CC2=O)CO1. The molecule has 1 amide bonds. The molecule has 0 radical (unpaired) electrons. The molecule has 2 saturated heterocycles. The normalized spacial score (nSPS) is 31.9. The number of aliphatic hydroxyl groups excluding tert-OH is 1. The van der Waals surface area contributed by atoms with E-state index in [-0.39, 0.29) is 17.3 Å². The highest BCUT2D eigenvalue weighted by atomic mass is 79.9. The summed E-state index contributed by atoms with van der Waals surface area (Å²) < 4.78 is 11.2. The third-order valence-electron chi connectivity index (χ3n) is 3.32. The number of hydrogen-bond donors (Lipinski definition) is 1. The third-order valence-corrected chi connectivity index (χ3v) is 3.93. The second-order valence-electron chi connectivity index (χ2n) is 5.17. The van der Waals surface area contributed by atoms with Crippen molar-refractivity contribution in [2.45, 2.75) is 36.4 Å². The van der Waals surface area contributed by atoms with E-state index < -0.39 is 11.3 Å². The smallest absolute Gasteiger partial charge is 0.224 e. The largest absolute Gasteiger partial charge is 0.394 e. The highest BCUT2D eigenvalue weighted by Crippen LogP contribution is 2.32. The molecule has 2 heterocycles. The van der Waals surface area contributed by atoms with Gasteiger partial charge in [-0.15, -0.1) is 0 Å². The van der Waals surface area contributed by atoms with Crippen LogP contribution in [0.25, 0.3) is 0 Å². The molecule has 2 aliphatic rings. The maximum absolute atomic E-state index is 11.9. The summed E-state index contributed by atoms with van der Waals surface area (Å²) in [6, 6.07) is 0. The van der Waals surface area contributed by atoms with Crippen LogP contribution in [0.1, 0.15) is 20.3 Å². The fourth-order valence-electron chi connectivity index (χ4n) is 2.15. The fraction of sp³-hybridized carbons (Fsp3) is 0.909. The van der Waals surface area contributed by atoms with Gasteiger partial charge >= 0.3 is 0 Å². The van der Waals surface area contributed by atoms with Crippen LogP contribution in [-0.2, 0) is 14.3 Å². The van der Waals surface area contributed by atoms with Crippen LogP contribution >= 0.6 is 15.9 Å². The molecular weight excluding hydrogens is 290 g/mol. The van der Waals surface area contributed by atoms with Crippen molar-refractivity contribution in [1.29, 1.82) is 0 Å². The molecule has 0 aromatic carbocycles. The number of aliphatic hydroxyl groups is 1. The van der Waals surface area contributed by atoms with Gasteiger partial charge in [0.05, 0.1) is 19.8 Å². The molecule has 0 bridgehead atoms. The number of likely N-dealkylation sites (tertiary alicyclic amines) is 1. The molecule has 6 heteroatoms. The summed E-state index contributed by atoms with van der Waals surface area (Å²) in [5.74, 6) is -0.609. The number of hydrogen-bond acceptors (Lipinski definition) is 4. The number of ether oxygens (including phenoxy) is 2. The Hall–Kier alpha value is -0.170. The van der Waals surface area contributed by atoms with E-state index >= 15 is 0 Å². The Kier molecular flexibility index (Phi) is 3.51. The average molecular weight is 308 g/mol. The van der Waals surface area contributed by atoms with Crippen LogP contribution in [0.4, 0.5) is 0 Å². The highest BCUT2D eigenvalue weighted by molar-refractivity contribution is 9.09. The molecule has 0 aromatic heterocycles. The van der Waals surface area contributed by atoms with Gasteiger partial charge in [-0.3, -0.25) is 4.79 Å². The Morgan fingerprint density at radius 3 is 2.47 bits per heavy atom. The van der Waals surface area contributed by atoms with Crippen molar-refractivity contribution in [3.8, 4) is 0 Å². The molecule has 2 fully saturated rings. The molecule has 1 atom stereocenters. The van der Waals surface area contributed by atoms with Crippen molar-refractivity contribution in [3.05, 3.63) is 0 Å². The summed E-state index contributed by atoms with van der Waals surface area (Å²) in [7, 11) is 0. The van der Waals surface area contributed by atoms with Gasteiger partial charge in [0.25, 0.3) is 0 Å². The molecule has 17 heavy (non-hydrogen) atoms. The van der Waals surface area contributed by atoms with Crippen molar-refractivity contribution < 1.29 is 19.4 Å². The third kappa shape index (κ3) is 2.50. The van der Waals surface area contributed by atoms with Gasteiger partial charge in [-0.2, -0.15) is 0 Å². The van der Waals surface area contributed by atoms with Crippen molar-refractivity contribution >= 4 is 21.8 Å². The van der Waals surface area contributed by atoms with Crippen LogP contribution in [0.5, 0.6) is 0 Å². The number of nitrogens with zero attached hydrogens (tertiary/aromatic N) is 1. The first-order chi connectivity index (χ1) is 7.88. The molecule has 1 unspecified atom stereocenters. The molecular formula is C11H18BrNO4. The molecule has 1 N–H and O–H groups in total. The lowest BCUT2D eigenvalue weighted by Crippen LogP contribution is -2.63. The van der Waals surface area contributed by atoms with Gasteiger partial charge < -0.3 is 19.5 Å². The zero-order chi connectivity index (χ0) is 12.7. The zero-order valence-corrected chi connectivity index (χ0v) is 11.7. The van der Waals surface area contributed by atoms with Crippen LogP contribution in [0.15, 0.2) is 0 Å². The molecule has 2 aliphatic heterocycles. The number of halogens is 1. The summed E-state index contributed by atoms with van der Waals surface area (Å²) in [5.41, 5.74) is -0.727. The summed E-state index contributed by atoms with van der Waals surface area (Å²) >= 11 is 3.44. The molecule has 2 rings (SSSR count). The van der Waals surface area contributed by atoms with Crippen LogP contribution in [0.3, 0.4) is 0 Å². The van der Waals surface area contributed by atoms with Crippen LogP contribution < -0.4 is 0 Å². The van der Waals surface area contributed by atoms with E-state index in [4.69, 9.17) is 9.47 Å². The average Bonchev–Trinajstić information content (AvgIpc) is 2.60. The van der Waals surface area contributed by atoms with Crippen LogP contribution in [0.2, 0.25) is 0 Å². The first-order valence-corrected chi connectivity index (χ1v) is 6.63. The molecule has 0 spiro atoms. The number of carbonyl (C=O) groups is 1. The van der Waals surface area contributed by atoms with E-state index in [1.165, 1.54) is 0 Å². The van der Waals surface area contributed by atoms with E-state index in [1.807, 2.05) is 13.8 Å². The van der Waals surface area contributed by atoms with E-state index in [2.05, 4.69) is 15.9 Å². The standard InChI is InChI=1S/C11H18BrNO4/c1-10(2)16-6-11(5-14,7-17-10)13-4-8(12)3-9(13)15/h8,14H,3-7H2,1-2H3. The molecule has 98 valence electrons. The van der Waals surface area contributed by atoms with Gasteiger partial charge in [0.15, 0.2) is 5.79 Å². The van der Waals surface area contributed by atoms with Gasteiger partial charge in [-0.25, -0.2) is 0 Å². The van der Waals surface area contributed by atoms with Crippen LogP contribution in [0, 0.1) is 0 Å². The minimum atomic E-state index is -0.727. The summed E-state index contributed by atoms with van der Waals surface area (Å²) in [4.78, 5) is 13.7. The lowest BCUT2D eigenvalue weighted by molar-refractivity contribution is -0.288. The zero-order valence-electron chi connectivity index (χ0n) is 10.1. The van der Waals surface area contributed by atoms with Gasteiger partial charge in [-0.1, -0.05) is 15.9 Å². The predicted octanol–water partition coefficient (Wildman–Crippen LogP) is 0.496. The maximum atomic E-state index is 11.9. The van der Waals surface area contributed by atoms with E-state index in [1.54, 1.807) is 4.90 Å². The minimum absolute atomic E-state index is 0.0350. The predicted molar refractivity (Wildman–Crippen MR) is 64.8 cm³/mol. The topological polar surface area (TPSA) is 59.0 Å². The monoisotopic (exact) mass is 307 g/mol. The molecule has 0 saturated carbocycles. The Balaban J connectivity index is 2.13. The summed E-state index contributed by atoms with van der Waals surface area (Å²) in [5, 5.41) is 9.61. The van der Waals surface area contributed by atoms with Gasteiger partial charge in [0, 0.05) is 17.8 Å². The van der Waals surface area contributed by atoms with E-state index in [9.17, 15) is 9.90 Å². The second-order valence-corrected chi connectivity index (χ2v) is 6.46. The number of amides is 1. The molecule has 0 aliphatic carbocycles. The lowest BCUT2D eigenvalue weighted by Gasteiger charge is -2.47. The highest BCUT2D eigenvalue weighted by Gasteiger charge is 2.48. The number of rotatable bonds is 2. The van der Waals surface area contributed by atoms with Gasteiger partial charge in [-0.05, 0) is 13.8 Å².